The second-order valence-corrected chi connectivity index (χ2v) is 3.79. The molecule has 0 saturated carbocycles. The molecule has 86 valence electrons. The third kappa shape index (κ3) is 2.09. The van der Waals surface area contributed by atoms with Crippen LogP contribution in [0.25, 0.3) is 11.1 Å². The average molecular weight is 250 g/mol. The maximum atomic E-state index is 10.9. The van der Waals surface area contributed by atoms with Crippen LogP contribution >= 0.6 is 11.6 Å². The van der Waals surface area contributed by atoms with Crippen LogP contribution in [0.1, 0.15) is 5.56 Å². The van der Waals surface area contributed by atoms with E-state index in [-0.39, 0.29) is 10.8 Å². The van der Waals surface area contributed by atoms with Crippen molar-refractivity contribution in [3.05, 3.63) is 51.6 Å². The maximum Gasteiger partial charge on any atom is 0.309 e. The van der Waals surface area contributed by atoms with E-state index in [2.05, 4.69) is 9.97 Å². The van der Waals surface area contributed by atoms with Crippen LogP contribution in [-0.2, 0) is 0 Å². The van der Waals surface area contributed by atoms with Gasteiger partial charge in [0.05, 0.1) is 4.92 Å². The fraction of sp³-hybridized carbons (Fsp3) is 0.0909. The summed E-state index contributed by atoms with van der Waals surface area (Å²) >= 11 is 5.72. The molecule has 0 amide bonds. The van der Waals surface area contributed by atoms with E-state index in [9.17, 15) is 10.1 Å². The maximum absolute atomic E-state index is 10.9. The van der Waals surface area contributed by atoms with Gasteiger partial charge in [0.2, 0.25) is 5.15 Å². The van der Waals surface area contributed by atoms with Gasteiger partial charge in [0, 0.05) is 35.3 Å². The molecule has 0 aliphatic rings. The van der Waals surface area contributed by atoms with Crippen molar-refractivity contribution in [2.75, 3.05) is 0 Å². The summed E-state index contributed by atoms with van der Waals surface area (Å²) in [4.78, 5) is 18.2. The van der Waals surface area contributed by atoms with E-state index in [1.807, 2.05) is 6.07 Å². The van der Waals surface area contributed by atoms with E-state index >= 15 is 0 Å². The van der Waals surface area contributed by atoms with Crippen molar-refractivity contribution in [3.8, 4) is 11.1 Å². The Kier molecular flexibility index (Phi) is 3.01. The Morgan fingerprint density at radius 3 is 2.76 bits per heavy atom. The summed E-state index contributed by atoms with van der Waals surface area (Å²) in [6, 6.07) is 3.57. The van der Waals surface area contributed by atoms with Crippen LogP contribution in [0, 0.1) is 17.0 Å². The van der Waals surface area contributed by atoms with Crippen molar-refractivity contribution in [1.29, 1.82) is 0 Å². The third-order valence-corrected chi connectivity index (χ3v) is 2.69. The molecule has 0 N–H and O–H groups in total. The molecule has 2 aromatic rings. The number of halogens is 1. The number of aromatic nitrogens is 2. The minimum Gasteiger partial charge on any atom is -0.264 e. The van der Waals surface area contributed by atoms with Crippen LogP contribution in [-0.4, -0.2) is 14.9 Å². The highest BCUT2D eigenvalue weighted by Crippen LogP contribution is 2.33. The predicted molar refractivity (Wildman–Crippen MR) is 63.9 cm³/mol. The first kappa shape index (κ1) is 11.5. The minimum absolute atomic E-state index is 0.0971. The molecule has 0 radical (unpaired) electrons. The number of pyridine rings is 2. The largest absolute Gasteiger partial charge is 0.309 e. The molecule has 17 heavy (non-hydrogen) atoms. The number of nitro groups is 1. The summed E-state index contributed by atoms with van der Waals surface area (Å²) in [5.41, 5.74) is 1.77. The van der Waals surface area contributed by atoms with Crippen molar-refractivity contribution in [3.63, 3.8) is 0 Å². The average Bonchev–Trinajstić information content (AvgIpc) is 2.30. The van der Waals surface area contributed by atoms with Gasteiger partial charge in [0.15, 0.2) is 0 Å². The van der Waals surface area contributed by atoms with Gasteiger partial charge in [-0.25, -0.2) is 4.98 Å². The topological polar surface area (TPSA) is 68.9 Å². The standard InChI is InChI=1S/C11H8ClN3O2/c1-7-9(8-3-2-4-13-5-8)6-14-11(12)10(7)15(16)17/h2-6H,1H3. The van der Waals surface area contributed by atoms with E-state index in [0.717, 1.165) is 5.56 Å². The van der Waals surface area contributed by atoms with E-state index in [1.165, 1.54) is 6.20 Å². The Morgan fingerprint density at radius 1 is 1.41 bits per heavy atom. The lowest BCUT2D eigenvalue weighted by atomic mass is 10.0. The molecule has 0 aromatic carbocycles. The molecule has 0 unspecified atom stereocenters. The van der Waals surface area contributed by atoms with E-state index < -0.39 is 4.92 Å². The minimum atomic E-state index is -0.523. The van der Waals surface area contributed by atoms with Gasteiger partial charge < -0.3 is 0 Å². The molecule has 0 saturated heterocycles. The highest BCUT2D eigenvalue weighted by molar-refractivity contribution is 6.31. The van der Waals surface area contributed by atoms with E-state index in [1.54, 1.807) is 25.4 Å². The Hall–Kier alpha value is -2.01. The fourth-order valence-corrected chi connectivity index (χ4v) is 1.85. The zero-order valence-corrected chi connectivity index (χ0v) is 9.68. The van der Waals surface area contributed by atoms with Crippen LogP contribution in [0.4, 0.5) is 5.69 Å². The lowest BCUT2D eigenvalue weighted by Crippen LogP contribution is -1.97. The van der Waals surface area contributed by atoms with Gasteiger partial charge >= 0.3 is 5.69 Å². The predicted octanol–water partition coefficient (Wildman–Crippen LogP) is 3.01. The van der Waals surface area contributed by atoms with E-state index in [0.29, 0.717) is 11.1 Å². The SMILES string of the molecule is Cc1c(-c2cccnc2)cnc(Cl)c1[N+](=O)[O-]. The summed E-state index contributed by atoms with van der Waals surface area (Å²) in [6.07, 6.45) is 4.78. The molecule has 2 heterocycles. The normalized spacial score (nSPS) is 10.2. The highest BCUT2D eigenvalue weighted by Gasteiger charge is 2.20. The van der Waals surface area contributed by atoms with Gasteiger partial charge in [-0.15, -0.1) is 0 Å². The summed E-state index contributed by atoms with van der Waals surface area (Å²) in [6.45, 7) is 1.65. The fourth-order valence-electron chi connectivity index (χ4n) is 1.59. The Bertz CT molecular complexity index is 572. The Balaban J connectivity index is 2.66. The van der Waals surface area contributed by atoms with Crippen molar-refractivity contribution < 1.29 is 4.92 Å². The smallest absolute Gasteiger partial charge is 0.264 e. The zero-order chi connectivity index (χ0) is 12.4. The van der Waals surface area contributed by atoms with Crippen LogP contribution in [0.2, 0.25) is 5.15 Å². The number of nitrogens with zero attached hydrogens (tertiary/aromatic N) is 3. The van der Waals surface area contributed by atoms with Gasteiger partial charge in [0.25, 0.3) is 0 Å². The molecule has 0 atom stereocenters. The summed E-state index contributed by atoms with van der Waals surface area (Å²) in [7, 11) is 0. The van der Waals surface area contributed by atoms with Crippen molar-refractivity contribution >= 4 is 17.3 Å². The molecule has 6 heteroatoms. The molecule has 2 aromatic heterocycles. The summed E-state index contributed by atoms with van der Waals surface area (Å²) in [5, 5.41) is 10.8. The van der Waals surface area contributed by atoms with Crippen molar-refractivity contribution in [2.45, 2.75) is 6.92 Å². The first-order chi connectivity index (χ1) is 8.11. The lowest BCUT2D eigenvalue weighted by molar-refractivity contribution is -0.385. The quantitative estimate of drug-likeness (QED) is 0.466. The zero-order valence-electron chi connectivity index (χ0n) is 8.92. The van der Waals surface area contributed by atoms with Gasteiger partial charge in [-0.3, -0.25) is 15.1 Å². The molecule has 2 rings (SSSR count). The third-order valence-electron chi connectivity index (χ3n) is 2.42. The van der Waals surface area contributed by atoms with Gasteiger partial charge in [-0.05, 0) is 13.0 Å². The van der Waals surface area contributed by atoms with Crippen LogP contribution in [0.15, 0.2) is 30.7 Å². The molecule has 0 aliphatic heterocycles. The number of hydrogen-bond donors (Lipinski definition) is 0. The first-order valence-corrected chi connectivity index (χ1v) is 5.19. The Labute approximate surface area is 102 Å². The van der Waals surface area contributed by atoms with Crippen molar-refractivity contribution in [1.82, 2.24) is 9.97 Å². The van der Waals surface area contributed by atoms with Crippen LogP contribution in [0.5, 0.6) is 0 Å². The molecule has 5 nitrogen and oxygen atoms in total. The molecule has 0 spiro atoms. The number of hydrogen-bond acceptors (Lipinski definition) is 4. The highest BCUT2D eigenvalue weighted by atomic mass is 35.5. The lowest BCUT2D eigenvalue weighted by Gasteiger charge is -2.06. The molecular weight excluding hydrogens is 242 g/mol. The number of rotatable bonds is 2. The van der Waals surface area contributed by atoms with Crippen LogP contribution < -0.4 is 0 Å². The van der Waals surface area contributed by atoms with E-state index in [4.69, 9.17) is 11.6 Å². The van der Waals surface area contributed by atoms with Gasteiger partial charge in [-0.1, -0.05) is 17.7 Å². The summed E-state index contributed by atoms with van der Waals surface area (Å²) < 4.78 is 0. The molecule has 0 bridgehead atoms. The molecular formula is C11H8ClN3O2. The first-order valence-electron chi connectivity index (χ1n) is 4.81. The second-order valence-electron chi connectivity index (χ2n) is 3.44. The molecule has 0 fully saturated rings. The molecule has 0 aliphatic carbocycles. The Morgan fingerprint density at radius 2 is 2.18 bits per heavy atom. The van der Waals surface area contributed by atoms with Crippen molar-refractivity contribution in [2.24, 2.45) is 0 Å². The second kappa shape index (κ2) is 4.47. The van der Waals surface area contributed by atoms with Gasteiger partial charge in [0.1, 0.15) is 0 Å². The van der Waals surface area contributed by atoms with Crippen LogP contribution in [0.3, 0.4) is 0 Å². The summed E-state index contributed by atoms with van der Waals surface area (Å²) in [5.74, 6) is 0. The monoisotopic (exact) mass is 249 g/mol. The van der Waals surface area contributed by atoms with Gasteiger partial charge in [-0.2, -0.15) is 0 Å².